The molecule has 1 saturated heterocycles. The average Bonchev–Trinajstić information content (AvgIpc) is 3.18. The smallest absolute Gasteiger partial charge is 0.410 e. The van der Waals surface area contributed by atoms with E-state index in [0.29, 0.717) is 26.2 Å². The lowest BCUT2D eigenvalue weighted by atomic mass is 9.87. The molecule has 2 aromatic rings. The van der Waals surface area contributed by atoms with Crippen LogP contribution in [-0.2, 0) is 21.5 Å². The zero-order valence-corrected chi connectivity index (χ0v) is 22.0. The minimum atomic E-state index is -0.732. The van der Waals surface area contributed by atoms with Crippen molar-refractivity contribution in [3.63, 3.8) is 0 Å². The number of carbonyl (C=O) groups excluding carboxylic acids is 2. The largest absolute Gasteiger partial charge is 0.444 e. The zero-order valence-electron chi connectivity index (χ0n) is 22.0. The zero-order chi connectivity index (χ0) is 25.4. The number of fused-ring (bicyclic) bond motifs is 1. The summed E-state index contributed by atoms with van der Waals surface area (Å²) < 4.78 is 5.58. The van der Waals surface area contributed by atoms with Gasteiger partial charge in [-0.15, -0.1) is 0 Å². The first-order valence-corrected chi connectivity index (χ1v) is 12.7. The van der Waals surface area contributed by atoms with E-state index in [4.69, 9.17) is 4.74 Å². The van der Waals surface area contributed by atoms with Crippen LogP contribution in [0.3, 0.4) is 0 Å². The standard InChI is InChI=1S/C29H39N3O3/c1-20-17-21(2)19-24(18-20)22(3)30-26(33)29(12-11-23-9-7-8-10-25(23)29)32-15-13-31(14-16-32)27(34)35-28(4,5)6/h7-10,17-19,22H,11-16H2,1-6H3,(H,30,33)/t22?,29-/m0/s1. The Morgan fingerprint density at radius 3 is 2.26 bits per heavy atom. The molecule has 0 radical (unpaired) electrons. The van der Waals surface area contributed by atoms with E-state index in [0.717, 1.165) is 24.0 Å². The highest BCUT2D eigenvalue weighted by atomic mass is 16.6. The van der Waals surface area contributed by atoms with Crippen molar-refractivity contribution in [1.82, 2.24) is 15.1 Å². The van der Waals surface area contributed by atoms with Crippen molar-refractivity contribution < 1.29 is 14.3 Å². The van der Waals surface area contributed by atoms with Crippen LogP contribution in [0.5, 0.6) is 0 Å². The second kappa shape index (κ2) is 9.65. The average molecular weight is 478 g/mol. The highest BCUT2D eigenvalue weighted by Gasteiger charge is 2.50. The summed E-state index contributed by atoms with van der Waals surface area (Å²) in [5.41, 5.74) is 4.58. The van der Waals surface area contributed by atoms with Crippen LogP contribution in [0.2, 0.25) is 0 Å². The Morgan fingerprint density at radius 1 is 1.00 bits per heavy atom. The van der Waals surface area contributed by atoms with E-state index in [2.05, 4.69) is 61.3 Å². The van der Waals surface area contributed by atoms with Crippen LogP contribution < -0.4 is 5.32 Å². The molecule has 2 aromatic carbocycles. The molecule has 2 atom stereocenters. The maximum Gasteiger partial charge on any atom is 0.410 e. The number of rotatable bonds is 4. The summed E-state index contributed by atoms with van der Waals surface area (Å²) in [7, 11) is 0. The highest BCUT2D eigenvalue weighted by Crippen LogP contribution is 2.43. The Labute approximate surface area is 209 Å². The number of aryl methyl sites for hydroxylation is 3. The van der Waals surface area contributed by atoms with E-state index in [1.165, 1.54) is 16.7 Å². The molecule has 1 unspecified atom stereocenters. The Morgan fingerprint density at radius 2 is 1.63 bits per heavy atom. The van der Waals surface area contributed by atoms with Gasteiger partial charge in [-0.1, -0.05) is 53.6 Å². The molecule has 6 heteroatoms. The Kier molecular flexibility index (Phi) is 6.96. The minimum absolute atomic E-state index is 0.0415. The van der Waals surface area contributed by atoms with Crippen molar-refractivity contribution in [1.29, 1.82) is 0 Å². The lowest BCUT2D eigenvalue weighted by Crippen LogP contribution is -2.61. The fourth-order valence-electron chi connectivity index (χ4n) is 5.56. The van der Waals surface area contributed by atoms with E-state index in [1.807, 2.05) is 32.9 Å². The molecule has 2 amide bonds. The van der Waals surface area contributed by atoms with Crippen LogP contribution >= 0.6 is 0 Å². The number of amides is 2. The number of piperazine rings is 1. The molecule has 0 saturated carbocycles. The molecule has 0 bridgehead atoms. The van der Waals surface area contributed by atoms with Gasteiger partial charge in [0.25, 0.3) is 0 Å². The van der Waals surface area contributed by atoms with Crippen LogP contribution in [0.1, 0.15) is 68.0 Å². The third kappa shape index (κ3) is 5.22. The molecule has 0 spiro atoms. The highest BCUT2D eigenvalue weighted by molar-refractivity contribution is 5.89. The van der Waals surface area contributed by atoms with E-state index in [1.54, 1.807) is 4.90 Å². The first-order valence-electron chi connectivity index (χ1n) is 12.7. The molecule has 188 valence electrons. The van der Waals surface area contributed by atoms with E-state index < -0.39 is 11.1 Å². The van der Waals surface area contributed by atoms with Gasteiger partial charge in [-0.25, -0.2) is 4.79 Å². The number of nitrogens with zero attached hydrogens (tertiary/aromatic N) is 2. The van der Waals surface area contributed by atoms with E-state index in [9.17, 15) is 9.59 Å². The predicted molar refractivity (Wildman–Crippen MR) is 138 cm³/mol. The number of carbonyl (C=O) groups is 2. The van der Waals surface area contributed by atoms with Crippen molar-refractivity contribution >= 4 is 12.0 Å². The summed E-state index contributed by atoms with van der Waals surface area (Å²) in [5.74, 6) is 0.0415. The number of ether oxygens (including phenoxy) is 1. The summed E-state index contributed by atoms with van der Waals surface area (Å²) in [6.07, 6.45) is 1.32. The van der Waals surface area contributed by atoms with Crippen LogP contribution in [0.25, 0.3) is 0 Å². The number of benzene rings is 2. The monoisotopic (exact) mass is 477 g/mol. The molecule has 4 rings (SSSR count). The van der Waals surface area contributed by atoms with Crippen LogP contribution in [-0.4, -0.2) is 53.6 Å². The van der Waals surface area contributed by atoms with Gasteiger partial charge in [0.2, 0.25) is 5.91 Å². The molecule has 6 nitrogen and oxygen atoms in total. The molecular formula is C29H39N3O3. The van der Waals surface area contributed by atoms with E-state index >= 15 is 0 Å². The summed E-state index contributed by atoms with van der Waals surface area (Å²) in [4.78, 5) is 30.8. The van der Waals surface area contributed by atoms with Gasteiger partial charge in [0.15, 0.2) is 0 Å². The second-order valence-corrected chi connectivity index (χ2v) is 11.1. The fourth-order valence-corrected chi connectivity index (χ4v) is 5.56. The molecule has 0 aromatic heterocycles. The summed E-state index contributed by atoms with van der Waals surface area (Å²) >= 11 is 0. The van der Waals surface area contributed by atoms with Crippen molar-refractivity contribution in [2.45, 2.75) is 71.6 Å². The van der Waals surface area contributed by atoms with Crippen molar-refractivity contribution in [2.24, 2.45) is 0 Å². The molecular weight excluding hydrogens is 438 g/mol. The maximum absolute atomic E-state index is 14.1. The fraction of sp³-hybridized carbons (Fsp3) is 0.517. The summed E-state index contributed by atoms with van der Waals surface area (Å²) in [6.45, 7) is 14.2. The van der Waals surface area contributed by atoms with Crippen molar-refractivity contribution in [3.8, 4) is 0 Å². The van der Waals surface area contributed by atoms with Gasteiger partial charge in [0.05, 0.1) is 6.04 Å². The third-order valence-corrected chi connectivity index (χ3v) is 7.16. The first kappa shape index (κ1) is 25.2. The number of hydrogen-bond acceptors (Lipinski definition) is 4. The van der Waals surface area contributed by atoms with Gasteiger partial charge in [-0.3, -0.25) is 9.69 Å². The van der Waals surface area contributed by atoms with Crippen LogP contribution in [0.4, 0.5) is 4.79 Å². The molecule has 1 fully saturated rings. The van der Waals surface area contributed by atoms with Gasteiger partial charge in [-0.2, -0.15) is 0 Å². The maximum atomic E-state index is 14.1. The van der Waals surface area contributed by atoms with Gasteiger partial charge >= 0.3 is 6.09 Å². The topological polar surface area (TPSA) is 61.9 Å². The summed E-state index contributed by atoms with van der Waals surface area (Å²) in [5, 5.41) is 3.35. The molecule has 1 aliphatic carbocycles. The molecule has 35 heavy (non-hydrogen) atoms. The third-order valence-electron chi connectivity index (χ3n) is 7.16. The Bertz CT molecular complexity index is 1080. The molecule has 1 aliphatic heterocycles. The van der Waals surface area contributed by atoms with Gasteiger partial charge < -0.3 is 15.0 Å². The van der Waals surface area contributed by atoms with Gasteiger partial charge in [-0.05, 0) is 71.1 Å². The lowest BCUT2D eigenvalue weighted by Gasteiger charge is -2.45. The van der Waals surface area contributed by atoms with Crippen molar-refractivity contribution in [2.75, 3.05) is 26.2 Å². The first-order chi connectivity index (χ1) is 16.5. The SMILES string of the molecule is Cc1cc(C)cc(C(C)NC(=O)[C@]2(N3CCN(C(=O)OC(C)(C)C)CC3)CCc3ccccc32)c1. The predicted octanol–water partition coefficient (Wildman–Crippen LogP) is 4.88. The van der Waals surface area contributed by atoms with Gasteiger partial charge in [0.1, 0.15) is 11.1 Å². The van der Waals surface area contributed by atoms with Crippen molar-refractivity contribution in [3.05, 3.63) is 70.3 Å². The molecule has 1 N–H and O–H groups in total. The summed E-state index contributed by atoms with van der Waals surface area (Å²) in [6, 6.07) is 14.6. The van der Waals surface area contributed by atoms with Gasteiger partial charge in [0, 0.05) is 26.2 Å². The minimum Gasteiger partial charge on any atom is -0.444 e. The van der Waals surface area contributed by atoms with E-state index in [-0.39, 0.29) is 18.0 Å². The quantitative estimate of drug-likeness (QED) is 0.682. The number of nitrogens with one attached hydrogen (secondary N) is 1. The molecule has 1 heterocycles. The Hall–Kier alpha value is -2.86. The van der Waals surface area contributed by atoms with Crippen LogP contribution in [0, 0.1) is 13.8 Å². The number of hydrogen-bond donors (Lipinski definition) is 1. The lowest BCUT2D eigenvalue weighted by molar-refractivity contribution is -0.136. The second-order valence-electron chi connectivity index (χ2n) is 11.1. The van der Waals surface area contributed by atoms with Crippen LogP contribution in [0.15, 0.2) is 42.5 Å². The normalized spacial score (nSPS) is 21.4. The Balaban J connectivity index is 1.57. The molecule has 2 aliphatic rings.